The molecule has 0 bridgehead atoms. The van der Waals surface area contributed by atoms with E-state index in [1.807, 2.05) is 6.92 Å². The largest absolute Gasteiger partial charge is 0.481 e. The van der Waals surface area contributed by atoms with E-state index < -0.39 is 34.3 Å². The van der Waals surface area contributed by atoms with Crippen LogP contribution in [0.15, 0.2) is 18.2 Å². The second-order valence-electron chi connectivity index (χ2n) is 4.48. The lowest BCUT2D eigenvalue weighted by Gasteiger charge is -2.16. The molecule has 1 unspecified atom stereocenters. The summed E-state index contributed by atoms with van der Waals surface area (Å²) in [6.07, 6.45) is 0.881. The van der Waals surface area contributed by atoms with Crippen LogP contribution in [0.25, 0.3) is 0 Å². The molecule has 0 saturated carbocycles. The molecule has 0 aliphatic carbocycles. The van der Waals surface area contributed by atoms with Crippen molar-refractivity contribution in [2.75, 3.05) is 0 Å². The normalized spacial score (nSPS) is 11.7. The molecule has 0 spiro atoms. The van der Waals surface area contributed by atoms with Crippen LogP contribution in [0.2, 0.25) is 0 Å². The van der Waals surface area contributed by atoms with Gasteiger partial charge in [0, 0.05) is 17.7 Å². The van der Waals surface area contributed by atoms with Crippen molar-refractivity contribution < 1.29 is 24.0 Å². The quantitative estimate of drug-likeness (QED) is 0.591. The number of carbonyl (C=O) groups is 2. The number of halogens is 1. The van der Waals surface area contributed by atoms with Gasteiger partial charge in [0.2, 0.25) is 5.82 Å². The Labute approximate surface area is 119 Å². The first kappa shape index (κ1) is 16.5. The molecule has 0 fully saturated rings. The fourth-order valence-electron chi connectivity index (χ4n) is 1.85. The molecule has 1 rings (SSSR count). The number of nitro benzene ring substituents is 1. The molecule has 0 saturated heterocycles. The highest BCUT2D eigenvalue weighted by Crippen LogP contribution is 2.18. The average molecular weight is 298 g/mol. The topological polar surface area (TPSA) is 110 Å². The van der Waals surface area contributed by atoms with Crippen molar-refractivity contribution in [2.24, 2.45) is 0 Å². The lowest BCUT2D eigenvalue weighted by molar-refractivity contribution is -0.387. The van der Waals surface area contributed by atoms with Crippen LogP contribution in [0.1, 0.15) is 36.5 Å². The van der Waals surface area contributed by atoms with Crippen LogP contribution in [-0.4, -0.2) is 27.9 Å². The molecule has 114 valence electrons. The summed E-state index contributed by atoms with van der Waals surface area (Å²) in [5.74, 6) is -2.76. The number of rotatable bonds is 7. The van der Waals surface area contributed by atoms with Crippen molar-refractivity contribution in [2.45, 2.75) is 32.2 Å². The minimum atomic E-state index is -1.06. The standard InChI is InChI=1S/C13H15FN2O5/c1-2-3-9(7-12(17)18)15-13(19)8-4-5-10(14)11(6-8)16(20)21/h4-6,9H,2-3,7H2,1H3,(H,15,19)(H,17,18). The molecule has 0 aliphatic heterocycles. The number of nitro groups is 1. The second-order valence-corrected chi connectivity index (χ2v) is 4.48. The van der Waals surface area contributed by atoms with E-state index in [4.69, 9.17) is 5.11 Å². The highest BCUT2D eigenvalue weighted by Gasteiger charge is 2.20. The summed E-state index contributed by atoms with van der Waals surface area (Å²) < 4.78 is 13.2. The van der Waals surface area contributed by atoms with Gasteiger partial charge >= 0.3 is 11.7 Å². The maximum Gasteiger partial charge on any atom is 0.305 e. The van der Waals surface area contributed by atoms with Crippen LogP contribution in [0.4, 0.5) is 10.1 Å². The Morgan fingerprint density at radius 2 is 2.14 bits per heavy atom. The molecule has 2 N–H and O–H groups in total. The van der Waals surface area contributed by atoms with Crippen LogP contribution in [0.5, 0.6) is 0 Å². The fourth-order valence-corrected chi connectivity index (χ4v) is 1.85. The van der Waals surface area contributed by atoms with Crippen molar-refractivity contribution in [3.05, 3.63) is 39.7 Å². The third-order valence-electron chi connectivity index (χ3n) is 2.80. The predicted molar refractivity (Wildman–Crippen MR) is 71.5 cm³/mol. The number of nitrogens with one attached hydrogen (secondary N) is 1. The van der Waals surface area contributed by atoms with E-state index in [-0.39, 0.29) is 12.0 Å². The fraction of sp³-hybridized carbons (Fsp3) is 0.385. The number of aliphatic carboxylic acids is 1. The van der Waals surface area contributed by atoms with Gasteiger partial charge in [-0.05, 0) is 18.6 Å². The summed E-state index contributed by atoms with van der Waals surface area (Å²) in [5.41, 5.74) is -0.887. The summed E-state index contributed by atoms with van der Waals surface area (Å²) >= 11 is 0. The van der Waals surface area contributed by atoms with Gasteiger partial charge in [0.25, 0.3) is 5.91 Å². The number of hydrogen-bond donors (Lipinski definition) is 2. The lowest BCUT2D eigenvalue weighted by atomic mass is 10.1. The Hall–Kier alpha value is -2.51. The third kappa shape index (κ3) is 4.83. The zero-order valence-electron chi connectivity index (χ0n) is 11.3. The van der Waals surface area contributed by atoms with Crippen molar-refractivity contribution in [3.63, 3.8) is 0 Å². The molecule has 0 aromatic heterocycles. The van der Waals surface area contributed by atoms with Crippen LogP contribution >= 0.6 is 0 Å². The summed E-state index contributed by atoms with van der Waals surface area (Å²) in [5, 5.41) is 21.9. The molecule has 1 aromatic carbocycles. The van der Waals surface area contributed by atoms with E-state index in [0.29, 0.717) is 12.8 Å². The predicted octanol–water partition coefficient (Wildman–Crippen LogP) is 2.11. The summed E-state index contributed by atoms with van der Waals surface area (Å²) in [4.78, 5) is 32.3. The van der Waals surface area contributed by atoms with Gasteiger partial charge in [-0.2, -0.15) is 4.39 Å². The van der Waals surface area contributed by atoms with Crippen molar-refractivity contribution >= 4 is 17.6 Å². The Morgan fingerprint density at radius 3 is 2.67 bits per heavy atom. The molecular weight excluding hydrogens is 283 g/mol. The van der Waals surface area contributed by atoms with Crippen molar-refractivity contribution in [1.29, 1.82) is 0 Å². The maximum atomic E-state index is 13.2. The van der Waals surface area contributed by atoms with Gasteiger partial charge in [-0.1, -0.05) is 13.3 Å². The maximum absolute atomic E-state index is 13.2. The van der Waals surface area contributed by atoms with Gasteiger partial charge in [-0.15, -0.1) is 0 Å². The van der Waals surface area contributed by atoms with E-state index in [1.165, 1.54) is 0 Å². The summed E-state index contributed by atoms with van der Waals surface area (Å²) in [6, 6.07) is 2.19. The zero-order chi connectivity index (χ0) is 16.0. The van der Waals surface area contributed by atoms with Crippen LogP contribution < -0.4 is 5.32 Å². The summed E-state index contributed by atoms with van der Waals surface area (Å²) in [6.45, 7) is 1.84. The van der Waals surface area contributed by atoms with Gasteiger partial charge in [0.1, 0.15) is 0 Å². The number of hydrogen-bond acceptors (Lipinski definition) is 4. The first-order valence-corrected chi connectivity index (χ1v) is 6.31. The van der Waals surface area contributed by atoms with Crippen LogP contribution in [-0.2, 0) is 4.79 Å². The van der Waals surface area contributed by atoms with E-state index in [2.05, 4.69) is 5.32 Å². The zero-order valence-corrected chi connectivity index (χ0v) is 11.3. The number of carboxylic acids is 1. The highest BCUT2D eigenvalue weighted by molar-refractivity contribution is 5.95. The van der Waals surface area contributed by atoms with Gasteiger partial charge in [0.05, 0.1) is 11.3 Å². The van der Waals surface area contributed by atoms with Gasteiger partial charge < -0.3 is 10.4 Å². The molecule has 1 atom stereocenters. The number of carbonyl (C=O) groups excluding carboxylic acids is 1. The molecular formula is C13H15FN2O5. The van der Waals surface area contributed by atoms with E-state index in [0.717, 1.165) is 18.2 Å². The summed E-state index contributed by atoms with van der Waals surface area (Å²) in [7, 11) is 0. The Morgan fingerprint density at radius 1 is 1.48 bits per heavy atom. The SMILES string of the molecule is CCCC(CC(=O)O)NC(=O)c1ccc(F)c([N+](=O)[O-])c1. The first-order valence-electron chi connectivity index (χ1n) is 6.31. The minimum absolute atomic E-state index is 0.0883. The average Bonchev–Trinajstić information content (AvgIpc) is 2.38. The van der Waals surface area contributed by atoms with E-state index >= 15 is 0 Å². The second kappa shape index (κ2) is 7.32. The van der Waals surface area contributed by atoms with Crippen LogP contribution in [0, 0.1) is 15.9 Å². The molecule has 0 radical (unpaired) electrons. The molecule has 1 amide bonds. The third-order valence-corrected chi connectivity index (χ3v) is 2.80. The molecule has 0 aliphatic rings. The molecule has 8 heteroatoms. The molecule has 1 aromatic rings. The van der Waals surface area contributed by atoms with Gasteiger partial charge in [-0.3, -0.25) is 19.7 Å². The number of nitrogens with zero attached hydrogens (tertiary/aromatic N) is 1. The minimum Gasteiger partial charge on any atom is -0.481 e. The van der Waals surface area contributed by atoms with Crippen molar-refractivity contribution in [3.8, 4) is 0 Å². The number of amides is 1. The lowest BCUT2D eigenvalue weighted by Crippen LogP contribution is -2.36. The van der Waals surface area contributed by atoms with Crippen LogP contribution in [0.3, 0.4) is 0 Å². The first-order chi connectivity index (χ1) is 9.85. The van der Waals surface area contributed by atoms with E-state index in [9.17, 15) is 24.1 Å². The molecule has 7 nitrogen and oxygen atoms in total. The molecule has 21 heavy (non-hydrogen) atoms. The van der Waals surface area contributed by atoms with Crippen molar-refractivity contribution in [1.82, 2.24) is 5.32 Å². The molecule has 0 heterocycles. The van der Waals surface area contributed by atoms with Gasteiger partial charge in [0.15, 0.2) is 0 Å². The highest BCUT2D eigenvalue weighted by atomic mass is 19.1. The Bertz CT molecular complexity index is 561. The number of carboxylic acid groups (broad SMARTS) is 1. The van der Waals surface area contributed by atoms with Gasteiger partial charge in [-0.25, -0.2) is 0 Å². The Kier molecular flexibility index (Phi) is 5.77. The number of benzene rings is 1. The monoisotopic (exact) mass is 298 g/mol. The smallest absolute Gasteiger partial charge is 0.305 e. The Balaban J connectivity index is 2.89. The van der Waals surface area contributed by atoms with E-state index in [1.54, 1.807) is 0 Å².